The molecular formula is C8H4F5N3O. The Hall–Kier alpha value is -1.93. The first kappa shape index (κ1) is 11.6. The molecule has 2 aromatic rings. The molecule has 0 fully saturated rings. The van der Waals surface area contributed by atoms with Crippen molar-refractivity contribution >= 4 is 5.52 Å². The third-order valence-corrected chi connectivity index (χ3v) is 2.10. The molecule has 0 unspecified atom stereocenters. The molecule has 1 N–H and O–H groups in total. The standard InChI is InChI=1S/C8H4F5N3O/c9-7(10,8(11,12)13)4-1-5-6(17)14-3-15-16(5)2-4/h1-3H,(H,14,15,17). The second-order valence-electron chi connectivity index (χ2n) is 3.21. The highest BCUT2D eigenvalue weighted by Crippen LogP contribution is 2.44. The summed E-state index contributed by atoms with van der Waals surface area (Å²) < 4.78 is 62.9. The highest BCUT2D eigenvalue weighted by molar-refractivity contribution is 5.57. The lowest BCUT2D eigenvalue weighted by Crippen LogP contribution is -2.33. The highest BCUT2D eigenvalue weighted by atomic mass is 19.4. The first-order chi connectivity index (χ1) is 7.73. The lowest BCUT2D eigenvalue weighted by atomic mass is 10.2. The van der Waals surface area contributed by atoms with Crippen LogP contribution in [-0.4, -0.2) is 25.9 Å². The fraction of sp³-hybridized carbons (Fsp3) is 0.250. The summed E-state index contributed by atoms with van der Waals surface area (Å²) in [6, 6.07) is 0.489. The monoisotopic (exact) mass is 253 g/mol. The van der Waals surface area contributed by atoms with Gasteiger partial charge in [-0.2, -0.15) is 32.0 Å². The molecule has 2 heterocycles. The van der Waals surface area contributed by atoms with E-state index < -0.39 is 23.5 Å². The molecule has 0 atom stereocenters. The minimum Gasteiger partial charge on any atom is -0.492 e. The quantitative estimate of drug-likeness (QED) is 0.791. The van der Waals surface area contributed by atoms with Crippen LogP contribution in [0, 0.1) is 0 Å². The van der Waals surface area contributed by atoms with E-state index in [1.165, 1.54) is 0 Å². The molecule has 0 spiro atoms. The van der Waals surface area contributed by atoms with Crippen molar-refractivity contribution in [1.29, 1.82) is 0 Å². The number of fused-ring (bicyclic) bond motifs is 1. The van der Waals surface area contributed by atoms with E-state index in [0.29, 0.717) is 16.8 Å². The summed E-state index contributed by atoms with van der Waals surface area (Å²) in [7, 11) is 0. The van der Waals surface area contributed by atoms with Crippen molar-refractivity contribution in [1.82, 2.24) is 14.6 Å². The third-order valence-electron chi connectivity index (χ3n) is 2.10. The van der Waals surface area contributed by atoms with Gasteiger partial charge in [0, 0.05) is 6.20 Å². The topological polar surface area (TPSA) is 50.4 Å². The molecule has 0 aromatic carbocycles. The minimum atomic E-state index is -5.71. The number of halogens is 5. The Morgan fingerprint density at radius 2 is 1.82 bits per heavy atom. The summed E-state index contributed by atoms with van der Waals surface area (Å²) in [5, 5.41) is 12.6. The summed E-state index contributed by atoms with van der Waals surface area (Å²) in [5.41, 5.74) is -1.63. The lowest BCUT2D eigenvalue weighted by Gasteiger charge is -2.17. The fourth-order valence-electron chi connectivity index (χ4n) is 1.25. The Bertz CT molecular complexity index is 562. The van der Waals surface area contributed by atoms with Gasteiger partial charge in [-0.25, -0.2) is 4.52 Å². The van der Waals surface area contributed by atoms with Crippen LogP contribution in [0.4, 0.5) is 22.0 Å². The van der Waals surface area contributed by atoms with E-state index in [9.17, 15) is 22.0 Å². The van der Waals surface area contributed by atoms with E-state index >= 15 is 0 Å². The molecule has 0 aliphatic rings. The maximum Gasteiger partial charge on any atom is 0.458 e. The van der Waals surface area contributed by atoms with Crippen molar-refractivity contribution in [2.75, 3.05) is 0 Å². The van der Waals surface area contributed by atoms with Crippen molar-refractivity contribution in [3.05, 3.63) is 24.2 Å². The van der Waals surface area contributed by atoms with Crippen LogP contribution in [0.1, 0.15) is 5.56 Å². The average Bonchev–Trinajstić information content (AvgIpc) is 2.61. The molecule has 92 valence electrons. The van der Waals surface area contributed by atoms with Gasteiger partial charge in [0.1, 0.15) is 11.8 Å². The van der Waals surface area contributed by atoms with Crippen molar-refractivity contribution in [3.63, 3.8) is 0 Å². The van der Waals surface area contributed by atoms with Gasteiger partial charge in [0.15, 0.2) is 0 Å². The van der Waals surface area contributed by atoms with E-state index in [-0.39, 0.29) is 5.52 Å². The Balaban J connectivity index is 2.62. The molecular weight excluding hydrogens is 249 g/mol. The number of nitrogens with zero attached hydrogens (tertiary/aromatic N) is 3. The SMILES string of the molecule is Oc1ncnn2cc(C(F)(F)C(F)(F)F)cc12. The van der Waals surface area contributed by atoms with Crippen LogP contribution < -0.4 is 0 Å². The normalized spacial score (nSPS) is 13.2. The second kappa shape index (κ2) is 3.28. The molecule has 0 aliphatic heterocycles. The van der Waals surface area contributed by atoms with Crippen LogP contribution in [0.2, 0.25) is 0 Å². The Morgan fingerprint density at radius 1 is 1.18 bits per heavy atom. The van der Waals surface area contributed by atoms with Crippen LogP contribution in [0.15, 0.2) is 18.6 Å². The maximum absolute atomic E-state index is 13.0. The van der Waals surface area contributed by atoms with Gasteiger partial charge in [-0.15, -0.1) is 0 Å². The van der Waals surface area contributed by atoms with Gasteiger partial charge >= 0.3 is 12.1 Å². The molecule has 17 heavy (non-hydrogen) atoms. The number of rotatable bonds is 1. The van der Waals surface area contributed by atoms with E-state index in [0.717, 1.165) is 6.33 Å². The Kier molecular flexibility index (Phi) is 2.23. The number of aromatic hydroxyl groups is 1. The molecule has 2 aromatic heterocycles. The lowest BCUT2D eigenvalue weighted by molar-refractivity contribution is -0.289. The highest BCUT2D eigenvalue weighted by Gasteiger charge is 2.59. The predicted molar refractivity (Wildman–Crippen MR) is 44.6 cm³/mol. The average molecular weight is 253 g/mol. The van der Waals surface area contributed by atoms with Gasteiger partial charge in [-0.1, -0.05) is 0 Å². The summed E-state index contributed by atoms with van der Waals surface area (Å²) in [4.78, 5) is 3.26. The first-order valence-corrected chi connectivity index (χ1v) is 4.21. The molecule has 9 heteroatoms. The smallest absolute Gasteiger partial charge is 0.458 e. The molecule has 0 amide bonds. The van der Waals surface area contributed by atoms with Gasteiger partial charge < -0.3 is 5.11 Å². The second-order valence-corrected chi connectivity index (χ2v) is 3.21. The maximum atomic E-state index is 13.0. The summed E-state index contributed by atoms with van der Waals surface area (Å²) >= 11 is 0. The number of hydrogen-bond donors (Lipinski definition) is 1. The molecule has 0 bridgehead atoms. The largest absolute Gasteiger partial charge is 0.492 e. The fourth-order valence-corrected chi connectivity index (χ4v) is 1.25. The summed E-state index contributed by atoms with van der Waals surface area (Å²) in [6.45, 7) is 0. The summed E-state index contributed by atoms with van der Waals surface area (Å²) in [6.07, 6.45) is -4.39. The molecule has 4 nitrogen and oxygen atoms in total. The zero-order valence-electron chi connectivity index (χ0n) is 7.91. The zero-order chi connectivity index (χ0) is 12.8. The summed E-state index contributed by atoms with van der Waals surface area (Å²) in [5.74, 6) is -5.68. The number of alkyl halides is 5. The van der Waals surface area contributed by atoms with Crippen LogP contribution in [0.5, 0.6) is 5.88 Å². The van der Waals surface area contributed by atoms with E-state index in [2.05, 4.69) is 10.1 Å². The Labute approximate surface area is 90.3 Å². The molecule has 0 saturated heterocycles. The van der Waals surface area contributed by atoms with Gasteiger partial charge in [-0.05, 0) is 6.07 Å². The van der Waals surface area contributed by atoms with E-state index in [1.54, 1.807) is 0 Å². The first-order valence-electron chi connectivity index (χ1n) is 4.21. The van der Waals surface area contributed by atoms with Gasteiger partial charge in [0.2, 0.25) is 5.88 Å². The van der Waals surface area contributed by atoms with Crippen LogP contribution in [-0.2, 0) is 5.92 Å². The van der Waals surface area contributed by atoms with Crippen molar-refractivity contribution in [3.8, 4) is 5.88 Å². The number of hydrogen-bond acceptors (Lipinski definition) is 3. The molecule has 0 aliphatic carbocycles. The molecule has 0 saturated carbocycles. The van der Waals surface area contributed by atoms with Gasteiger partial charge in [-0.3, -0.25) is 0 Å². The van der Waals surface area contributed by atoms with Crippen molar-refractivity contribution in [2.45, 2.75) is 12.1 Å². The Morgan fingerprint density at radius 3 is 2.35 bits per heavy atom. The van der Waals surface area contributed by atoms with Gasteiger partial charge in [0.25, 0.3) is 0 Å². The van der Waals surface area contributed by atoms with E-state index in [1.807, 2.05) is 0 Å². The van der Waals surface area contributed by atoms with Gasteiger partial charge in [0.05, 0.1) is 5.56 Å². The molecule has 0 radical (unpaired) electrons. The molecule has 2 rings (SSSR count). The minimum absolute atomic E-state index is 0.327. The number of aromatic nitrogens is 3. The predicted octanol–water partition coefficient (Wildman–Crippen LogP) is 2.09. The van der Waals surface area contributed by atoms with Crippen molar-refractivity contribution in [2.24, 2.45) is 0 Å². The van der Waals surface area contributed by atoms with Crippen LogP contribution >= 0.6 is 0 Å². The van der Waals surface area contributed by atoms with Crippen LogP contribution in [0.3, 0.4) is 0 Å². The third kappa shape index (κ3) is 1.67. The van der Waals surface area contributed by atoms with Crippen LogP contribution in [0.25, 0.3) is 5.52 Å². The van der Waals surface area contributed by atoms with Crippen molar-refractivity contribution < 1.29 is 27.1 Å². The van der Waals surface area contributed by atoms with E-state index in [4.69, 9.17) is 5.11 Å². The zero-order valence-corrected chi connectivity index (χ0v) is 7.91.